The molecule has 1 amide bonds. The summed E-state index contributed by atoms with van der Waals surface area (Å²) in [6, 6.07) is 20.9. The van der Waals surface area contributed by atoms with Crippen LogP contribution in [0.5, 0.6) is 11.5 Å². The molecule has 2 atom stereocenters. The van der Waals surface area contributed by atoms with Crippen molar-refractivity contribution >= 4 is 22.6 Å². The van der Waals surface area contributed by atoms with Crippen molar-refractivity contribution in [3.8, 4) is 11.5 Å². The fraction of sp³-hybridized carbons (Fsp3) is 0.259. The molecule has 5 rings (SSSR count). The van der Waals surface area contributed by atoms with Gasteiger partial charge in [0.25, 0.3) is 0 Å². The maximum atomic E-state index is 13.7. The third-order valence-electron chi connectivity index (χ3n) is 6.19. The number of para-hydroxylation sites is 2. The lowest BCUT2D eigenvalue weighted by Gasteiger charge is -2.19. The lowest BCUT2D eigenvalue weighted by atomic mass is 10.1. The van der Waals surface area contributed by atoms with E-state index in [1.165, 1.54) is 12.1 Å². The molecule has 0 aliphatic carbocycles. The second-order valence-electron chi connectivity index (χ2n) is 8.59. The first kappa shape index (κ1) is 22.9. The molecule has 2 heterocycles. The van der Waals surface area contributed by atoms with Gasteiger partial charge in [-0.1, -0.05) is 18.2 Å². The number of amides is 1. The smallest absolute Gasteiger partial charge is 0.227 e. The number of ether oxygens (including phenoxy) is 2. The molecule has 3 aromatic carbocycles. The van der Waals surface area contributed by atoms with Crippen molar-refractivity contribution in [3.63, 3.8) is 0 Å². The van der Waals surface area contributed by atoms with Gasteiger partial charge in [0, 0.05) is 24.6 Å². The molecule has 1 aromatic heterocycles. The van der Waals surface area contributed by atoms with Gasteiger partial charge in [-0.15, -0.1) is 0 Å². The Bertz CT molecular complexity index is 1340. The molecule has 0 spiro atoms. The average Bonchev–Trinajstić information content (AvgIpc) is 3.43. The van der Waals surface area contributed by atoms with E-state index in [2.05, 4.69) is 0 Å². The zero-order valence-corrected chi connectivity index (χ0v) is 19.3. The van der Waals surface area contributed by atoms with Crippen LogP contribution in [0.3, 0.4) is 0 Å². The summed E-state index contributed by atoms with van der Waals surface area (Å²) in [6.07, 6.45) is -0.539. The summed E-state index contributed by atoms with van der Waals surface area (Å²) >= 11 is 0. The van der Waals surface area contributed by atoms with Crippen LogP contribution in [-0.4, -0.2) is 46.9 Å². The van der Waals surface area contributed by atoms with Gasteiger partial charge in [0.1, 0.15) is 35.9 Å². The highest BCUT2D eigenvalue weighted by Crippen LogP contribution is 2.33. The molecular weight excluding hydrogens is 449 g/mol. The van der Waals surface area contributed by atoms with Crippen molar-refractivity contribution < 1.29 is 23.8 Å². The van der Waals surface area contributed by atoms with Gasteiger partial charge in [-0.3, -0.25) is 4.79 Å². The molecule has 1 aliphatic heterocycles. The van der Waals surface area contributed by atoms with Crippen molar-refractivity contribution in [1.82, 2.24) is 9.55 Å². The van der Waals surface area contributed by atoms with Crippen LogP contribution < -0.4 is 14.4 Å². The van der Waals surface area contributed by atoms with Crippen LogP contribution in [0.2, 0.25) is 0 Å². The van der Waals surface area contributed by atoms with E-state index in [0.29, 0.717) is 18.0 Å². The van der Waals surface area contributed by atoms with Gasteiger partial charge in [-0.05, 0) is 54.6 Å². The van der Waals surface area contributed by atoms with Crippen LogP contribution in [0.1, 0.15) is 18.2 Å². The van der Waals surface area contributed by atoms with Crippen molar-refractivity contribution in [2.75, 3.05) is 25.2 Å². The van der Waals surface area contributed by atoms with Gasteiger partial charge in [0.15, 0.2) is 0 Å². The Balaban J connectivity index is 1.36. The maximum absolute atomic E-state index is 13.7. The van der Waals surface area contributed by atoms with E-state index >= 15 is 0 Å². The highest BCUT2D eigenvalue weighted by atomic mass is 19.1. The Morgan fingerprint density at radius 1 is 1.09 bits per heavy atom. The van der Waals surface area contributed by atoms with Gasteiger partial charge in [0.2, 0.25) is 5.91 Å². The summed E-state index contributed by atoms with van der Waals surface area (Å²) in [5.74, 6) is 1.43. The lowest BCUT2D eigenvalue weighted by molar-refractivity contribution is -0.117. The van der Waals surface area contributed by atoms with Crippen LogP contribution in [0, 0.1) is 5.82 Å². The van der Waals surface area contributed by atoms with Crippen LogP contribution in [0.15, 0.2) is 72.8 Å². The molecule has 35 heavy (non-hydrogen) atoms. The lowest BCUT2D eigenvalue weighted by Crippen LogP contribution is -2.26. The standard InChI is InChI=1S/C27H26FN3O4/c1-34-22-9-11-23(12-10-22)35-17-21(32)16-31-25-8-3-2-7-24(25)29-27(31)18-13-26(33)30(15-18)20-6-4-5-19(28)14-20/h2-12,14,18,21,32H,13,15-17H2,1H3/t18-,21+/m1/s1. The van der Waals surface area contributed by atoms with Crippen LogP contribution in [0.25, 0.3) is 11.0 Å². The number of imidazole rings is 1. The van der Waals surface area contributed by atoms with Gasteiger partial charge < -0.3 is 24.0 Å². The highest BCUT2D eigenvalue weighted by molar-refractivity contribution is 5.96. The minimum Gasteiger partial charge on any atom is -0.497 e. The van der Waals surface area contributed by atoms with Gasteiger partial charge in [0.05, 0.1) is 24.7 Å². The zero-order valence-electron chi connectivity index (χ0n) is 19.3. The predicted molar refractivity (Wildman–Crippen MR) is 130 cm³/mol. The number of hydrogen-bond acceptors (Lipinski definition) is 5. The van der Waals surface area contributed by atoms with E-state index in [4.69, 9.17) is 14.5 Å². The first-order valence-corrected chi connectivity index (χ1v) is 11.5. The molecule has 7 nitrogen and oxygen atoms in total. The number of halogens is 1. The van der Waals surface area contributed by atoms with Crippen molar-refractivity contribution in [2.24, 2.45) is 0 Å². The van der Waals surface area contributed by atoms with E-state index in [9.17, 15) is 14.3 Å². The number of fused-ring (bicyclic) bond motifs is 1. The topological polar surface area (TPSA) is 76.8 Å². The largest absolute Gasteiger partial charge is 0.497 e. The number of nitrogens with zero attached hydrogens (tertiary/aromatic N) is 3. The molecule has 0 saturated carbocycles. The summed E-state index contributed by atoms with van der Waals surface area (Å²) in [6.45, 7) is 0.748. The monoisotopic (exact) mass is 475 g/mol. The fourth-order valence-corrected chi connectivity index (χ4v) is 4.50. The Morgan fingerprint density at radius 3 is 2.63 bits per heavy atom. The number of carbonyl (C=O) groups excluding carboxylic acids is 1. The summed E-state index contributed by atoms with van der Waals surface area (Å²) in [7, 11) is 1.60. The van der Waals surface area contributed by atoms with E-state index in [0.717, 1.165) is 22.6 Å². The van der Waals surface area contributed by atoms with E-state index in [1.807, 2.05) is 28.8 Å². The van der Waals surface area contributed by atoms with Crippen molar-refractivity contribution in [1.29, 1.82) is 0 Å². The second-order valence-corrected chi connectivity index (χ2v) is 8.59. The van der Waals surface area contributed by atoms with E-state index < -0.39 is 6.10 Å². The number of aliphatic hydroxyl groups excluding tert-OH is 1. The molecule has 0 unspecified atom stereocenters. The Morgan fingerprint density at radius 2 is 1.86 bits per heavy atom. The second kappa shape index (κ2) is 9.76. The third kappa shape index (κ3) is 4.83. The van der Waals surface area contributed by atoms with Crippen LogP contribution in [-0.2, 0) is 11.3 Å². The fourth-order valence-electron chi connectivity index (χ4n) is 4.50. The molecule has 0 bridgehead atoms. The molecule has 1 aliphatic rings. The van der Waals surface area contributed by atoms with Crippen molar-refractivity contribution in [3.05, 3.63) is 84.4 Å². The minimum atomic E-state index is -0.801. The molecule has 1 saturated heterocycles. The van der Waals surface area contributed by atoms with Gasteiger partial charge >= 0.3 is 0 Å². The highest BCUT2D eigenvalue weighted by Gasteiger charge is 2.35. The average molecular weight is 476 g/mol. The number of carbonyl (C=O) groups is 1. The molecule has 0 radical (unpaired) electrons. The number of benzene rings is 3. The van der Waals surface area contributed by atoms with Crippen LogP contribution >= 0.6 is 0 Å². The number of aliphatic hydroxyl groups is 1. The number of rotatable bonds is 8. The third-order valence-corrected chi connectivity index (χ3v) is 6.19. The summed E-state index contributed by atoms with van der Waals surface area (Å²) in [5.41, 5.74) is 2.21. The van der Waals surface area contributed by atoms with E-state index in [1.54, 1.807) is 48.4 Å². The summed E-state index contributed by atoms with van der Waals surface area (Å²) < 4.78 is 26.6. The number of aromatic nitrogens is 2. The first-order chi connectivity index (χ1) is 17.0. The Labute approximate surface area is 202 Å². The molecular formula is C27H26FN3O4. The number of methoxy groups -OCH3 is 1. The summed E-state index contributed by atoms with van der Waals surface area (Å²) in [4.78, 5) is 19.2. The van der Waals surface area contributed by atoms with Gasteiger partial charge in [-0.2, -0.15) is 0 Å². The predicted octanol–water partition coefficient (Wildman–Crippen LogP) is 4.14. The molecule has 1 fully saturated rings. The maximum Gasteiger partial charge on any atom is 0.227 e. The normalized spacial score (nSPS) is 16.6. The number of hydrogen-bond donors (Lipinski definition) is 1. The Kier molecular flexibility index (Phi) is 6.37. The summed E-state index contributed by atoms with van der Waals surface area (Å²) in [5, 5.41) is 10.8. The van der Waals surface area contributed by atoms with Crippen LogP contribution in [0.4, 0.5) is 10.1 Å². The quantitative estimate of drug-likeness (QED) is 0.415. The first-order valence-electron chi connectivity index (χ1n) is 11.5. The molecule has 1 N–H and O–H groups in total. The van der Waals surface area contributed by atoms with E-state index in [-0.39, 0.29) is 37.2 Å². The molecule has 8 heteroatoms. The molecule has 180 valence electrons. The molecule has 4 aromatic rings. The zero-order chi connectivity index (χ0) is 24.4. The SMILES string of the molecule is COc1ccc(OC[C@@H](O)Cn2c([C@@H]3CC(=O)N(c4cccc(F)c4)C3)nc3ccccc32)cc1. The number of anilines is 1. The van der Waals surface area contributed by atoms with Crippen molar-refractivity contribution in [2.45, 2.75) is 25.0 Å². The minimum absolute atomic E-state index is 0.0809. The Hall–Kier alpha value is -3.91. The van der Waals surface area contributed by atoms with Gasteiger partial charge in [-0.25, -0.2) is 9.37 Å².